The van der Waals surface area contributed by atoms with Gasteiger partial charge in [-0.05, 0) is 37.0 Å². The highest BCUT2D eigenvalue weighted by Gasteiger charge is 2.42. The largest absolute Gasteiger partial charge is 0.388 e. The third-order valence-electron chi connectivity index (χ3n) is 7.52. The second-order valence-corrected chi connectivity index (χ2v) is 9.75. The van der Waals surface area contributed by atoms with Gasteiger partial charge < -0.3 is 14.9 Å². The maximum Gasteiger partial charge on any atom is 0.261 e. The molecular weight excluding hydrogens is 444 g/mol. The molecule has 0 aliphatic carbocycles. The standard InChI is InChI=1S/C27H30N4O4/c1-29-23(32)12-11-21(24(29)19-7-3-2-4-8-19)26(34)30-15-13-27(35,14-16-30)17-31-18-28-22-10-6-5-9-20(22)25(31)33/h2-10,18,21,24,35H,11-17H2,1H3/t21-,24+/m0/s1. The van der Waals surface area contributed by atoms with E-state index < -0.39 is 5.60 Å². The summed E-state index contributed by atoms with van der Waals surface area (Å²) in [4.78, 5) is 46.7. The van der Waals surface area contributed by atoms with E-state index in [2.05, 4.69) is 4.98 Å². The Labute approximate surface area is 203 Å². The average molecular weight is 475 g/mol. The Bertz CT molecular complexity index is 1300. The Balaban J connectivity index is 1.30. The van der Waals surface area contributed by atoms with Crippen LogP contribution in [0, 0.1) is 5.92 Å². The number of hydrogen-bond donors (Lipinski definition) is 1. The number of carbonyl (C=O) groups is 2. The number of fused-ring (bicyclic) bond motifs is 1. The SMILES string of the molecule is CN1C(=O)CC[C@H](C(=O)N2CCC(O)(Cn3cnc4ccccc4c3=O)CC2)[C@H]1c1ccccc1. The van der Waals surface area contributed by atoms with Crippen molar-refractivity contribution in [3.8, 4) is 0 Å². The highest BCUT2D eigenvalue weighted by atomic mass is 16.3. The van der Waals surface area contributed by atoms with Crippen LogP contribution in [0.5, 0.6) is 0 Å². The van der Waals surface area contributed by atoms with Gasteiger partial charge in [0.2, 0.25) is 11.8 Å². The topological polar surface area (TPSA) is 95.7 Å². The lowest BCUT2D eigenvalue weighted by molar-refractivity contribution is -0.149. The van der Waals surface area contributed by atoms with Gasteiger partial charge in [0.1, 0.15) is 0 Å². The molecule has 2 saturated heterocycles. The van der Waals surface area contributed by atoms with Crippen LogP contribution in [0.25, 0.3) is 10.9 Å². The van der Waals surface area contributed by atoms with Crippen molar-refractivity contribution < 1.29 is 14.7 Å². The first-order valence-electron chi connectivity index (χ1n) is 12.1. The zero-order valence-corrected chi connectivity index (χ0v) is 19.8. The van der Waals surface area contributed by atoms with E-state index in [9.17, 15) is 19.5 Å². The van der Waals surface area contributed by atoms with E-state index in [-0.39, 0.29) is 35.9 Å². The van der Waals surface area contributed by atoms with Crippen LogP contribution in [0.3, 0.4) is 0 Å². The number of hydrogen-bond acceptors (Lipinski definition) is 5. The van der Waals surface area contributed by atoms with Crippen LogP contribution in [-0.2, 0) is 16.1 Å². The Morgan fingerprint density at radius 3 is 2.49 bits per heavy atom. The van der Waals surface area contributed by atoms with Crippen LogP contribution >= 0.6 is 0 Å². The van der Waals surface area contributed by atoms with E-state index in [0.29, 0.717) is 49.7 Å². The molecule has 2 aliphatic rings. The van der Waals surface area contributed by atoms with Gasteiger partial charge in [0.25, 0.3) is 5.56 Å². The molecule has 35 heavy (non-hydrogen) atoms. The molecule has 8 nitrogen and oxygen atoms in total. The molecule has 0 saturated carbocycles. The van der Waals surface area contributed by atoms with E-state index in [0.717, 1.165) is 5.56 Å². The van der Waals surface area contributed by atoms with E-state index in [1.807, 2.05) is 36.4 Å². The highest BCUT2D eigenvalue weighted by Crippen LogP contribution is 2.37. The summed E-state index contributed by atoms with van der Waals surface area (Å²) in [7, 11) is 1.77. The summed E-state index contributed by atoms with van der Waals surface area (Å²) in [6.45, 7) is 0.945. The normalized spacial score (nSPS) is 22.4. The zero-order valence-electron chi connectivity index (χ0n) is 19.8. The number of benzene rings is 2. The van der Waals surface area contributed by atoms with Crippen LogP contribution in [0.4, 0.5) is 0 Å². The predicted molar refractivity (Wildman–Crippen MR) is 131 cm³/mol. The van der Waals surface area contributed by atoms with Gasteiger partial charge in [0, 0.05) is 26.6 Å². The molecule has 0 bridgehead atoms. The molecular formula is C27H30N4O4. The molecule has 2 aromatic carbocycles. The molecule has 0 radical (unpaired) electrons. The minimum Gasteiger partial charge on any atom is -0.388 e. The lowest BCUT2D eigenvalue weighted by Gasteiger charge is -2.43. The van der Waals surface area contributed by atoms with Gasteiger partial charge in [-0.1, -0.05) is 42.5 Å². The van der Waals surface area contributed by atoms with Crippen molar-refractivity contribution in [1.29, 1.82) is 0 Å². The molecule has 2 aliphatic heterocycles. The molecule has 5 rings (SSSR count). The Hall–Kier alpha value is -3.52. The number of likely N-dealkylation sites (tertiary alicyclic amines) is 2. The van der Waals surface area contributed by atoms with Crippen LogP contribution in [0.1, 0.15) is 37.3 Å². The molecule has 3 aromatic rings. The van der Waals surface area contributed by atoms with Crippen molar-refractivity contribution in [3.05, 3.63) is 76.8 Å². The van der Waals surface area contributed by atoms with Gasteiger partial charge in [-0.3, -0.25) is 19.0 Å². The first-order chi connectivity index (χ1) is 16.9. The van der Waals surface area contributed by atoms with Gasteiger partial charge in [0.15, 0.2) is 0 Å². The first-order valence-corrected chi connectivity index (χ1v) is 12.1. The van der Waals surface area contributed by atoms with Crippen LogP contribution in [-0.4, -0.2) is 62.0 Å². The quantitative estimate of drug-likeness (QED) is 0.626. The van der Waals surface area contributed by atoms with Gasteiger partial charge >= 0.3 is 0 Å². The third kappa shape index (κ3) is 4.46. The van der Waals surface area contributed by atoms with E-state index in [1.54, 1.807) is 35.0 Å². The minimum absolute atomic E-state index is 0.0183. The Kier molecular flexibility index (Phi) is 6.15. The molecule has 0 spiro atoms. The molecule has 0 unspecified atom stereocenters. The van der Waals surface area contributed by atoms with Crippen molar-refractivity contribution in [3.63, 3.8) is 0 Å². The number of nitrogens with zero attached hydrogens (tertiary/aromatic N) is 4. The minimum atomic E-state index is -1.09. The number of aliphatic hydroxyl groups is 1. The van der Waals surface area contributed by atoms with Crippen molar-refractivity contribution >= 4 is 22.7 Å². The summed E-state index contributed by atoms with van der Waals surface area (Å²) < 4.78 is 1.47. The van der Waals surface area contributed by atoms with Gasteiger partial charge in [-0.15, -0.1) is 0 Å². The molecule has 182 valence electrons. The maximum atomic E-state index is 13.6. The number of amides is 2. The fourth-order valence-corrected chi connectivity index (χ4v) is 5.47. The summed E-state index contributed by atoms with van der Waals surface area (Å²) in [6, 6.07) is 16.6. The molecule has 2 amide bonds. The molecule has 3 heterocycles. The van der Waals surface area contributed by atoms with Gasteiger partial charge in [0.05, 0.1) is 41.3 Å². The van der Waals surface area contributed by atoms with E-state index >= 15 is 0 Å². The predicted octanol–water partition coefficient (Wildman–Crippen LogP) is 2.36. The summed E-state index contributed by atoms with van der Waals surface area (Å²) in [6.07, 6.45) is 3.09. The molecule has 1 aromatic heterocycles. The monoisotopic (exact) mass is 474 g/mol. The van der Waals surface area contributed by atoms with Crippen molar-refractivity contribution in [2.24, 2.45) is 5.92 Å². The van der Waals surface area contributed by atoms with E-state index in [1.165, 1.54) is 10.9 Å². The Morgan fingerprint density at radius 2 is 1.74 bits per heavy atom. The fraction of sp³-hybridized carbons (Fsp3) is 0.407. The number of rotatable bonds is 4. The number of para-hydroxylation sites is 1. The van der Waals surface area contributed by atoms with Gasteiger partial charge in [-0.25, -0.2) is 4.98 Å². The van der Waals surface area contributed by atoms with Crippen molar-refractivity contribution in [2.45, 2.75) is 43.9 Å². The summed E-state index contributed by atoms with van der Waals surface area (Å²) in [5.74, 6) is -0.256. The highest BCUT2D eigenvalue weighted by molar-refractivity contribution is 5.85. The maximum absolute atomic E-state index is 13.6. The Morgan fingerprint density at radius 1 is 1.06 bits per heavy atom. The number of piperidine rings is 2. The van der Waals surface area contributed by atoms with E-state index in [4.69, 9.17) is 0 Å². The molecule has 1 N–H and O–H groups in total. The van der Waals surface area contributed by atoms with Crippen LogP contribution in [0.15, 0.2) is 65.7 Å². The lowest BCUT2D eigenvalue weighted by Crippen LogP contribution is -2.53. The average Bonchev–Trinajstić information content (AvgIpc) is 2.88. The number of carbonyl (C=O) groups excluding carboxylic acids is 2. The van der Waals surface area contributed by atoms with Crippen molar-refractivity contribution in [2.75, 3.05) is 20.1 Å². The zero-order chi connectivity index (χ0) is 24.6. The molecule has 2 atom stereocenters. The molecule has 8 heteroatoms. The summed E-state index contributed by atoms with van der Waals surface area (Å²) in [5.41, 5.74) is 0.314. The van der Waals surface area contributed by atoms with Crippen molar-refractivity contribution in [1.82, 2.24) is 19.4 Å². The summed E-state index contributed by atoms with van der Waals surface area (Å²) in [5, 5.41) is 11.8. The first kappa shape index (κ1) is 23.2. The second kappa shape index (κ2) is 9.26. The summed E-state index contributed by atoms with van der Waals surface area (Å²) >= 11 is 0. The van der Waals surface area contributed by atoms with Crippen LogP contribution in [0.2, 0.25) is 0 Å². The third-order valence-corrected chi connectivity index (χ3v) is 7.52. The number of aromatic nitrogens is 2. The second-order valence-electron chi connectivity index (χ2n) is 9.75. The van der Waals surface area contributed by atoms with Gasteiger partial charge in [-0.2, -0.15) is 0 Å². The molecule has 2 fully saturated rings. The fourth-order valence-electron chi connectivity index (χ4n) is 5.47. The van der Waals surface area contributed by atoms with Crippen LogP contribution < -0.4 is 5.56 Å². The lowest BCUT2D eigenvalue weighted by atomic mass is 9.82. The smallest absolute Gasteiger partial charge is 0.261 e.